The van der Waals surface area contributed by atoms with E-state index < -0.39 is 17.2 Å². The second kappa shape index (κ2) is 11.1. The normalized spacial score (nSPS) is 18.4. The van der Waals surface area contributed by atoms with Crippen LogP contribution in [0.4, 0.5) is 0 Å². The van der Waals surface area contributed by atoms with Gasteiger partial charge < -0.3 is 17.4 Å². The van der Waals surface area contributed by atoms with Crippen molar-refractivity contribution in [2.24, 2.45) is 9.98 Å². The summed E-state index contributed by atoms with van der Waals surface area (Å²) in [4.78, 5) is 24.8. The number of aromatic nitrogens is 2. The van der Waals surface area contributed by atoms with Crippen LogP contribution in [0, 0.1) is 0 Å². The molecule has 6 bridgehead atoms. The molecule has 0 amide bonds. The van der Waals surface area contributed by atoms with Gasteiger partial charge in [0.25, 0.3) is 0 Å². The van der Waals surface area contributed by atoms with Crippen molar-refractivity contribution in [1.29, 1.82) is 0 Å². The van der Waals surface area contributed by atoms with Gasteiger partial charge in [-0.25, -0.2) is 9.98 Å². The van der Waals surface area contributed by atoms with Gasteiger partial charge >= 0.3 is 8.88 Å². The van der Waals surface area contributed by atoms with Gasteiger partial charge in [-0.05, 0) is 54.3 Å². The molecule has 0 fully saturated rings. The zero-order valence-electron chi connectivity index (χ0n) is 27.7. The lowest BCUT2D eigenvalue weighted by Crippen LogP contribution is -2.66. The van der Waals surface area contributed by atoms with Crippen LogP contribution in [0.3, 0.4) is 0 Å². The van der Waals surface area contributed by atoms with Crippen LogP contribution in [-0.4, -0.2) is 46.3 Å². The second-order valence-electron chi connectivity index (χ2n) is 14.0. The van der Waals surface area contributed by atoms with Crippen molar-refractivity contribution < 1.29 is 8.91 Å². The Morgan fingerprint density at radius 3 is 1.54 bits per heavy atom. The van der Waals surface area contributed by atoms with Gasteiger partial charge in [0.05, 0.1) is 22.8 Å². The minimum Gasteiger partial charge on any atom is -0.404 e. The number of benzene rings is 4. The summed E-state index contributed by atoms with van der Waals surface area (Å²) in [5.41, 5.74) is 9.62. The summed E-state index contributed by atoms with van der Waals surface area (Å²) in [6, 6.07) is 34.8. The molecular formula is C41H33IN4O2Si2. The third kappa shape index (κ3) is 4.37. The average molecular weight is 797 g/mol. The van der Waals surface area contributed by atoms with Crippen LogP contribution in [0.15, 0.2) is 107 Å². The lowest BCUT2D eigenvalue weighted by molar-refractivity contribution is 0.328. The summed E-state index contributed by atoms with van der Waals surface area (Å²) in [5, 5.41) is 5.94. The fraction of sp³-hybridized carbons (Fsp3) is 0.122. The quantitative estimate of drug-likeness (QED) is 0.111. The molecular weight excluding hydrogens is 764 g/mol. The van der Waals surface area contributed by atoms with E-state index in [1.165, 1.54) is 0 Å². The Bertz CT molecular complexity index is 2570. The molecule has 4 aliphatic rings. The van der Waals surface area contributed by atoms with Crippen molar-refractivity contribution in [3.05, 3.63) is 141 Å². The molecule has 4 aromatic carbocycles. The Labute approximate surface area is 305 Å². The maximum Gasteiger partial charge on any atom is 0.585 e. The van der Waals surface area contributed by atoms with Gasteiger partial charge in [-0.3, -0.25) is 0 Å². The first kappa shape index (κ1) is 30.4. The number of hydrogen-bond acceptors (Lipinski definition) is 4. The molecule has 6 aromatic rings. The number of nitrogens with zero attached hydrogens (tertiary/aromatic N) is 4. The fourth-order valence-corrected chi connectivity index (χ4v) is 16.7. The van der Waals surface area contributed by atoms with E-state index >= 15 is 0 Å². The van der Waals surface area contributed by atoms with Gasteiger partial charge in [-0.1, -0.05) is 120 Å². The molecule has 244 valence electrons. The largest absolute Gasteiger partial charge is 0.585 e. The maximum atomic E-state index is 14.2. The van der Waals surface area contributed by atoms with E-state index in [2.05, 4.69) is 166 Å². The Balaban J connectivity index is 1.49. The standard InChI is InChI=1S/C41H33IN4O2Si2/c1-49(2,21-11-20-42)48-50(47)45-38-22-34-26-12-3-4-13-27(26)35(43-34)23-39-32-18-9-10-19-33(32)41(46(39)50)25-37-29-15-6-5-14-28(29)36(44-37)24-40(45)31-17-8-7-16-30(31)38/h3-10,12-19,22-25,47H,11,20-21H2,1-2H3. The van der Waals surface area contributed by atoms with Crippen molar-refractivity contribution >= 4 is 108 Å². The minimum atomic E-state index is -4.22. The molecule has 0 radical (unpaired) electrons. The zero-order valence-corrected chi connectivity index (χ0v) is 31.8. The smallest absolute Gasteiger partial charge is 0.404 e. The van der Waals surface area contributed by atoms with E-state index in [9.17, 15) is 4.80 Å². The van der Waals surface area contributed by atoms with Crippen LogP contribution >= 0.6 is 22.6 Å². The molecule has 2 aromatic heterocycles. The van der Waals surface area contributed by atoms with E-state index in [1.54, 1.807) is 0 Å². The number of rotatable bonds is 5. The molecule has 1 unspecified atom stereocenters. The van der Waals surface area contributed by atoms with Crippen molar-refractivity contribution in [1.82, 2.24) is 8.47 Å². The SMILES string of the molecule is C[Si](C)(CCCI)O[Si]1(O)n2c3c4ccccc4c2C=C2N=C(C=c4c5ccccc5c(n41)=CC1=NC(=C3)c3ccccc31)c1ccccc12. The summed E-state index contributed by atoms with van der Waals surface area (Å²) < 4.78 is 13.0. The molecule has 1 N–H and O–H groups in total. The Kier molecular flexibility index (Phi) is 6.73. The summed E-state index contributed by atoms with van der Waals surface area (Å²) in [5.74, 6) is 0. The van der Waals surface area contributed by atoms with Crippen molar-refractivity contribution in [2.75, 3.05) is 4.43 Å². The monoisotopic (exact) mass is 796 g/mol. The predicted octanol–water partition coefficient (Wildman–Crippen LogP) is 7.66. The molecule has 0 saturated carbocycles. The van der Waals surface area contributed by atoms with Crippen LogP contribution in [0.5, 0.6) is 0 Å². The zero-order chi connectivity index (χ0) is 33.8. The molecule has 4 aliphatic heterocycles. The molecule has 1 atom stereocenters. The molecule has 9 heteroatoms. The highest BCUT2D eigenvalue weighted by Gasteiger charge is 2.51. The Morgan fingerprint density at radius 1 is 0.620 bits per heavy atom. The lowest BCUT2D eigenvalue weighted by Gasteiger charge is -2.37. The first-order valence-electron chi connectivity index (χ1n) is 17.1. The number of hydrogen-bond donors (Lipinski definition) is 1. The second-order valence-corrected chi connectivity index (χ2v) is 21.9. The van der Waals surface area contributed by atoms with E-state index in [0.29, 0.717) is 0 Å². The summed E-state index contributed by atoms with van der Waals surface area (Å²) in [7, 11) is -6.70. The molecule has 0 aliphatic carbocycles. The Hall–Kier alpha value is -4.40. The van der Waals surface area contributed by atoms with Crippen molar-refractivity contribution in [3.8, 4) is 0 Å². The van der Waals surface area contributed by atoms with Gasteiger partial charge in [0.1, 0.15) is 0 Å². The van der Waals surface area contributed by atoms with Gasteiger partial charge in [0, 0.05) is 65.9 Å². The number of fused-ring (bicyclic) bond motifs is 14. The molecule has 0 saturated heterocycles. The van der Waals surface area contributed by atoms with E-state index in [1.807, 2.05) is 0 Å². The molecule has 50 heavy (non-hydrogen) atoms. The Morgan fingerprint density at radius 2 is 1.06 bits per heavy atom. The van der Waals surface area contributed by atoms with Crippen LogP contribution in [0.1, 0.15) is 40.1 Å². The lowest BCUT2D eigenvalue weighted by atomic mass is 10.0. The van der Waals surface area contributed by atoms with Gasteiger partial charge in [-0.2, -0.15) is 0 Å². The highest BCUT2D eigenvalue weighted by Crippen LogP contribution is 2.40. The van der Waals surface area contributed by atoms with Gasteiger partial charge in [0.2, 0.25) is 0 Å². The average Bonchev–Trinajstić information content (AvgIpc) is 3.84. The third-order valence-corrected chi connectivity index (χ3v) is 18.1. The van der Waals surface area contributed by atoms with Crippen LogP contribution in [0.2, 0.25) is 19.1 Å². The van der Waals surface area contributed by atoms with Crippen molar-refractivity contribution in [3.63, 3.8) is 0 Å². The number of alkyl halides is 1. The van der Waals surface area contributed by atoms with Crippen molar-refractivity contribution in [2.45, 2.75) is 25.6 Å². The summed E-state index contributed by atoms with van der Waals surface area (Å²) in [6.07, 6.45) is 9.73. The van der Waals surface area contributed by atoms with Gasteiger partial charge in [0.15, 0.2) is 8.32 Å². The molecule has 6 heterocycles. The highest BCUT2D eigenvalue weighted by molar-refractivity contribution is 14.1. The highest BCUT2D eigenvalue weighted by atomic mass is 127. The van der Waals surface area contributed by atoms with Crippen LogP contribution < -0.4 is 10.7 Å². The van der Waals surface area contributed by atoms with Crippen LogP contribution in [-0.2, 0) is 4.12 Å². The molecule has 10 rings (SSSR count). The first-order chi connectivity index (χ1) is 24.3. The molecule has 6 nitrogen and oxygen atoms in total. The fourth-order valence-electron chi connectivity index (χ4n) is 8.22. The van der Waals surface area contributed by atoms with Crippen LogP contribution in [0.25, 0.3) is 57.2 Å². The topological polar surface area (TPSA) is 64.0 Å². The first-order valence-corrected chi connectivity index (χ1v) is 23.5. The summed E-state index contributed by atoms with van der Waals surface area (Å²) >= 11 is 2.45. The van der Waals surface area contributed by atoms with E-state index in [-0.39, 0.29) is 0 Å². The summed E-state index contributed by atoms with van der Waals surface area (Å²) in [6.45, 7) is 4.52. The maximum absolute atomic E-state index is 14.2. The third-order valence-electron chi connectivity index (χ3n) is 10.4. The van der Waals surface area contributed by atoms with Gasteiger partial charge in [-0.15, -0.1) is 0 Å². The molecule has 0 spiro atoms. The number of halogens is 1. The minimum absolute atomic E-state index is 0.878. The van der Waals surface area contributed by atoms with E-state index in [4.69, 9.17) is 14.1 Å². The number of aliphatic imine (C=N–C) groups is 2. The predicted molar refractivity (Wildman–Crippen MR) is 219 cm³/mol. The van der Waals surface area contributed by atoms with E-state index in [0.717, 1.165) is 106 Å².